The molecule has 2 aromatic rings. The van der Waals surface area contributed by atoms with Gasteiger partial charge in [-0.3, -0.25) is 9.59 Å². The average molecular weight is 402 g/mol. The molecule has 0 saturated carbocycles. The summed E-state index contributed by atoms with van der Waals surface area (Å²) in [5, 5.41) is 5.28. The number of methoxy groups -OCH3 is 1. The summed E-state index contributed by atoms with van der Waals surface area (Å²) in [6, 6.07) is 0. The Morgan fingerprint density at radius 1 is 1.28 bits per heavy atom. The summed E-state index contributed by atoms with van der Waals surface area (Å²) in [6.45, 7) is 5.25. The van der Waals surface area contributed by atoms with E-state index in [1.165, 1.54) is 0 Å². The topological polar surface area (TPSA) is 80.6 Å². The van der Waals surface area contributed by atoms with E-state index in [0.29, 0.717) is 25.3 Å². The van der Waals surface area contributed by atoms with Gasteiger partial charge in [0.05, 0.1) is 18.4 Å². The molecule has 8 nitrogen and oxygen atoms in total. The molecule has 0 N–H and O–H groups in total. The highest BCUT2D eigenvalue weighted by atomic mass is 16.5. The van der Waals surface area contributed by atoms with E-state index in [-0.39, 0.29) is 17.7 Å². The van der Waals surface area contributed by atoms with Crippen molar-refractivity contribution in [1.29, 1.82) is 0 Å². The molecular weight excluding hydrogens is 370 g/mol. The number of rotatable bonds is 5. The molecule has 1 saturated heterocycles. The maximum atomic E-state index is 12.9. The predicted molar refractivity (Wildman–Crippen MR) is 111 cm³/mol. The first-order valence-corrected chi connectivity index (χ1v) is 10.1. The fourth-order valence-corrected chi connectivity index (χ4v) is 4.27. The molecule has 0 radical (unpaired) electrons. The second kappa shape index (κ2) is 8.39. The summed E-state index contributed by atoms with van der Waals surface area (Å²) in [5.74, 6) is 0.663. The van der Waals surface area contributed by atoms with Gasteiger partial charge in [-0.25, -0.2) is 9.67 Å². The van der Waals surface area contributed by atoms with Gasteiger partial charge >= 0.3 is 0 Å². The van der Waals surface area contributed by atoms with Crippen LogP contribution in [0.2, 0.25) is 0 Å². The second-order valence-electron chi connectivity index (χ2n) is 8.04. The van der Waals surface area contributed by atoms with Gasteiger partial charge in [-0.2, -0.15) is 0 Å². The zero-order chi connectivity index (χ0) is 21.3. The lowest BCUT2D eigenvalue weighted by Crippen LogP contribution is -2.45. The molecule has 158 valence electrons. The van der Waals surface area contributed by atoms with Crippen LogP contribution in [0.4, 0.5) is 0 Å². The number of ether oxygens (including phenoxy) is 1. The van der Waals surface area contributed by atoms with Crippen molar-refractivity contribution < 1.29 is 14.3 Å². The smallest absolute Gasteiger partial charge is 0.242 e. The van der Waals surface area contributed by atoms with Gasteiger partial charge in [0.2, 0.25) is 17.7 Å². The number of nitrogens with zero attached hydrogens (tertiary/aromatic N) is 5. The summed E-state index contributed by atoms with van der Waals surface area (Å²) < 4.78 is 7.14. The molecule has 1 unspecified atom stereocenters. The van der Waals surface area contributed by atoms with Crippen LogP contribution in [0.5, 0.6) is 5.88 Å². The number of fused-ring (bicyclic) bond motifs is 1. The minimum absolute atomic E-state index is 0.0937. The Morgan fingerprint density at radius 2 is 2.00 bits per heavy atom. The number of amides is 2. The van der Waals surface area contributed by atoms with E-state index in [0.717, 1.165) is 47.2 Å². The third-order valence-electron chi connectivity index (χ3n) is 5.87. The van der Waals surface area contributed by atoms with E-state index in [1.807, 2.05) is 25.8 Å². The fourth-order valence-electron chi connectivity index (χ4n) is 4.27. The van der Waals surface area contributed by atoms with Gasteiger partial charge in [0.15, 0.2) is 5.65 Å². The van der Waals surface area contributed by atoms with Crippen LogP contribution < -0.4 is 4.74 Å². The van der Waals surface area contributed by atoms with Crippen LogP contribution >= 0.6 is 0 Å². The van der Waals surface area contributed by atoms with Crippen molar-refractivity contribution in [1.82, 2.24) is 24.6 Å². The number of aryl methyl sites for hydroxylation is 3. The number of piperidine rings is 1. The Labute approximate surface area is 171 Å². The normalized spacial score (nSPS) is 16.9. The quantitative estimate of drug-likeness (QED) is 0.764. The number of likely N-dealkylation sites (tertiary alicyclic amines) is 1. The van der Waals surface area contributed by atoms with Crippen molar-refractivity contribution in [3.05, 3.63) is 16.8 Å². The van der Waals surface area contributed by atoms with E-state index in [2.05, 4.69) is 5.10 Å². The van der Waals surface area contributed by atoms with Crippen LogP contribution in [0.15, 0.2) is 0 Å². The molecule has 1 atom stereocenters. The molecule has 29 heavy (non-hydrogen) atoms. The van der Waals surface area contributed by atoms with Crippen LogP contribution in [0, 0.1) is 19.8 Å². The summed E-state index contributed by atoms with van der Waals surface area (Å²) in [4.78, 5) is 33.3. The number of carbonyl (C=O) groups excluding carboxylic acids is 2. The van der Waals surface area contributed by atoms with Crippen molar-refractivity contribution in [3.8, 4) is 5.88 Å². The first-order chi connectivity index (χ1) is 13.7. The van der Waals surface area contributed by atoms with Gasteiger partial charge in [0.25, 0.3) is 0 Å². The van der Waals surface area contributed by atoms with E-state index in [1.54, 1.807) is 30.8 Å². The molecule has 0 aromatic carbocycles. The first-order valence-electron chi connectivity index (χ1n) is 10.1. The Bertz CT molecular complexity index is 934. The van der Waals surface area contributed by atoms with Gasteiger partial charge in [-0.05, 0) is 44.2 Å². The van der Waals surface area contributed by atoms with Gasteiger partial charge in [0, 0.05) is 46.3 Å². The molecule has 1 aliphatic heterocycles. The Hall–Kier alpha value is -2.64. The molecule has 8 heteroatoms. The Morgan fingerprint density at radius 3 is 2.66 bits per heavy atom. The second-order valence-corrected chi connectivity index (χ2v) is 8.04. The van der Waals surface area contributed by atoms with Crippen LogP contribution in [0.3, 0.4) is 0 Å². The lowest BCUT2D eigenvalue weighted by atomic mass is 9.95. The van der Waals surface area contributed by atoms with Crippen LogP contribution in [0.25, 0.3) is 11.0 Å². The highest BCUT2D eigenvalue weighted by molar-refractivity contribution is 5.86. The third kappa shape index (κ3) is 4.06. The zero-order valence-electron chi connectivity index (χ0n) is 18.3. The lowest BCUT2D eigenvalue weighted by molar-refractivity contribution is -0.139. The first kappa shape index (κ1) is 21.1. The van der Waals surface area contributed by atoms with Crippen LogP contribution in [-0.2, 0) is 23.1 Å². The largest absolute Gasteiger partial charge is 0.479 e. The summed E-state index contributed by atoms with van der Waals surface area (Å²) in [7, 11) is 6.99. The highest BCUT2D eigenvalue weighted by Crippen LogP contribution is 2.30. The molecule has 1 fully saturated rings. The van der Waals surface area contributed by atoms with E-state index < -0.39 is 0 Å². The number of pyridine rings is 1. The van der Waals surface area contributed by atoms with Crippen molar-refractivity contribution >= 4 is 22.8 Å². The predicted octanol–water partition coefficient (Wildman–Crippen LogP) is 1.85. The molecule has 0 spiro atoms. The summed E-state index contributed by atoms with van der Waals surface area (Å²) >= 11 is 0. The van der Waals surface area contributed by atoms with Crippen LogP contribution in [0.1, 0.15) is 36.1 Å². The molecule has 2 amide bonds. The van der Waals surface area contributed by atoms with Gasteiger partial charge in [-0.1, -0.05) is 0 Å². The molecular formula is C21H31N5O3. The lowest BCUT2D eigenvalue weighted by Gasteiger charge is -2.33. The minimum Gasteiger partial charge on any atom is -0.479 e. The van der Waals surface area contributed by atoms with Crippen molar-refractivity contribution in [2.24, 2.45) is 13.0 Å². The monoisotopic (exact) mass is 401 g/mol. The van der Waals surface area contributed by atoms with Gasteiger partial charge in [-0.15, -0.1) is 5.10 Å². The molecule has 0 bridgehead atoms. The van der Waals surface area contributed by atoms with E-state index >= 15 is 0 Å². The average Bonchev–Trinajstić information content (AvgIpc) is 3.02. The highest BCUT2D eigenvalue weighted by Gasteiger charge is 2.29. The maximum absolute atomic E-state index is 12.9. The van der Waals surface area contributed by atoms with Crippen molar-refractivity contribution in [3.63, 3.8) is 0 Å². The molecule has 3 heterocycles. The zero-order valence-corrected chi connectivity index (χ0v) is 18.3. The van der Waals surface area contributed by atoms with Crippen LogP contribution in [-0.4, -0.2) is 70.7 Å². The fraction of sp³-hybridized carbons (Fsp3) is 0.619. The Kier molecular flexibility index (Phi) is 6.10. The van der Waals surface area contributed by atoms with E-state index in [9.17, 15) is 9.59 Å². The molecule has 3 rings (SSSR count). The summed E-state index contributed by atoms with van der Waals surface area (Å²) in [5.41, 5.74) is 3.82. The van der Waals surface area contributed by atoms with Crippen molar-refractivity contribution in [2.45, 2.75) is 39.5 Å². The number of hydrogen-bond donors (Lipinski definition) is 0. The number of aromatic nitrogens is 3. The maximum Gasteiger partial charge on any atom is 0.242 e. The number of hydrogen-bond acceptors (Lipinski definition) is 5. The minimum atomic E-state index is -0.0937. The third-order valence-corrected chi connectivity index (χ3v) is 5.87. The molecule has 2 aromatic heterocycles. The molecule has 1 aliphatic rings. The van der Waals surface area contributed by atoms with Gasteiger partial charge in [0.1, 0.15) is 0 Å². The standard InChI is InChI=1S/C21H31N5O3/c1-13-16(14(2)22-19-18(13)20(29-6)23-25(19)5)9-10-17(27)26-11-7-8-15(12-26)21(28)24(3)4/h15H,7-12H2,1-6H3. The Balaban J connectivity index is 1.75. The van der Waals surface area contributed by atoms with Gasteiger partial charge < -0.3 is 14.5 Å². The van der Waals surface area contributed by atoms with Crippen molar-refractivity contribution in [2.75, 3.05) is 34.3 Å². The number of carbonyl (C=O) groups is 2. The molecule has 0 aliphatic carbocycles. The summed E-state index contributed by atoms with van der Waals surface area (Å²) in [6.07, 6.45) is 2.73. The SMILES string of the molecule is COc1nn(C)c2nc(C)c(CCC(=O)N3CCCC(C(=O)N(C)C)C3)c(C)c12. The van der Waals surface area contributed by atoms with E-state index in [4.69, 9.17) is 9.72 Å².